The molecule has 1 heterocycles. The molecule has 0 amide bonds. The Morgan fingerprint density at radius 3 is 2.43 bits per heavy atom. The quantitative estimate of drug-likeness (QED) is 0.564. The molecule has 1 aromatic heterocycles. The Labute approximate surface area is 175 Å². The maximum atomic E-state index is 9.34. The van der Waals surface area contributed by atoms with Crippen LogP contribution in [0.3, 0.4) is 0 Å². The van der Waals surface area contributed by atoms with Crippen molar-refractivity contribution in [3.63, 3.8) is 0 Å². The maximum absolute atomic E-state index is 9.34. The van der Waals surface area contributed by atoms with Crippen molar-refractivity contribution in [1.82, 2.24) is 4.98 Å². The van der Waals surface area contributed by atoms with Gasteiger partial charge in [0.15, 0.2) is 11.5 Å². The molecule has 0 aliphatic carbocycles. The van der Waals surface area contributed by atoms with Crippen LogP contribution in [0.25, 0.3) is 12.2 Å². The molecule has 2 aromatic carbocycles. The lowest BCUT2D eigenvalue weighted by Gasteiger charge is -2.07. The molecule has 0 aliphatic heterocycles. The predicted octanol–water partition coefficient (Wildman–Crippen LogP) is 4.40. The highest BCUT2D eigenvalue weighted by Crippen LogP contribution is 2.28. The number of aromatic nitrogens is 1. The fourth-order valence-corrected chi connectivity index (χ4v) is 2.84. The zero-order chi connectivity index (χ0) is 21.3. The van der Waals surface area contributed by atoms with E-state index < -0.39 is 0 Å². The van der Waals surface area contributed by atoms with Crippen LogP contribution in [0.15, 0.2) is 46.9 Å². The van der Waals surface area contributed by atoms with E-state index in [0.717, 1.165) is 23.3 Å². The van der Waals surface area contributed by atoms with Gasteiger partial charge in [0.05, 0.1) is 21.3 Å². The van der Waals surface area contributed by atoms with Gasteiger partial charge in [-0.3, -0.25) is 0 Å². The number of nitriles is 1. The second-order valence-corrected chi connectivity index (χ2v) is 6.31. The first-order valence-corrected chi connectivity index (χ1v) is 9.34. The summed E-state index contributed by atoms with van der Waals surface area (Å²) in [6.45, 7) is 0.606. The summed E-state index contributed by atoms with van der Waals surface area (Å²) in [5.41, 5.74) is 2.25. The molecule has 3 rings (SSSR count). The van der Waals surface area contributed by atoms with E-state index in [1.165, 1.54) is 0 Å². The van der Waals surface area contributed by atoms with Crippen molar-refractivity contribution in [2.75, 3.05) is 33.2 Å². The minimum atomic E-state index is 0.219. The second-order valence-electron chi connectivity index (χ2n) is 6.31. The fraction of sp³-hybridized carbons (Fsp3) is 0.217. The van der Waals surface area contributed by atoms with E-state index >= 15 is 0 Å². The smallest absolute Gasteiger partial charge is 0.232 e. The van der Waals surface area contributed by atoms with Crippen LogP contribution in [-0.2, 0) is 6.42 Å². The van der Waals surface area contributed by atoms with Gasteiger partial charge in [-0.2, -0.15) is 10.2 Å². The molecule has 7 heteroatoms. The number of methoxy groups -OCH3 is 3. The molecule has 0 saturated carbocycles. The molecule has 0 bridgehead atoms. The summed E-state index contributed by atoms with van der Waals surface area (Å²) in [7, 11) is 4.82. The highest BCUT2D eigenvalue weighted by Gasteiger charge is 2.11. The zero-order valence-corrected chi connectivity index (χ0v) is 17.1. The number of nitrogens with zero attached hydrogens (tertiary/aromatic N) is 2. The highest BCUT2D eigenvalue weighted by atomic mass is 16.5. The molecule has 30 heavy (non-hydrogen) atoms. The largest absolute Gasteiger partial charge is 0.497 e. The van der Waals surface area contributed by atoms with E-state index in [0.29, 0.717) is 29.8 Å². The van der Waals surface area contributed by atoms with Crippen LogP contribution in [-0.4, -0.2) is 32.9 Å². The molecule has 0 spiro atoms. The Morgan fingerprint density at radius 1 is 1.00 bits per heavy atom. The lowest BCUT2D eigenvalue weighted by atomic mass is 10.1. The molecule has 0 fully saturated rings. The third-order valence-electron chi connectivity index (χ3n) is 4.43. The van der Waals surface area contributed by atoms with E-state index in [-0.39, 0.29) is 5.69 Å². The van der Waals surface area contributed by atoms with Crippen molar-refractivity contribution in [1.29, 1.82) is 5.26 Å². The van der Waals surface area contributed by atoms with E-state index in [9.17, 15) is 5.26 Å². The number of hydrogen-bond acceptors (Lipinski definition) is 7. The molecular formula is C23H23N3O4. The summed E-state index contributed by atoms with van der Waals surface area (Å²) in [6.07, 6.45) is 4.30. The Balaban J connectivity index is 1.65. The van der Waals surface area contributed by atoms with Crippen LogP contribution in [0.5, 0.6) is 17.2 Å². The lowest BCUT2D eigenvalue weighted by Crippen LogP contribution is -2.05. The van der Waals surface area contributed by atoms with Gasteiger partial charge in [-0.1, -0.05) is 18.2 Å². The summed E-state index contributed by atoms with van der Waals surface area (Å²) in [5, 5.41) is 12.5. The summed E-state index contributed by atoms with van der Waals surface area (Å²) in [4.78, 5) is 4.22. The topological polar surface area (TPSA) is 89.5 Å². The van der Waals surface area contributed by atoms with Crippen LogP contribution in [0.1, 0.15) is 22.7 Å². The molecule has 0 radical (unpaired) electrons. The third-order valence-corrected chi connectivity index (χ3v) is 4.43. The molecule has 0 atom stereocenters. The van der Waals surface area contributed by atoms with Crippen LogP contribution in [0, 0.1) is 11.3 Å². The molecule has 1 N–H and O–H groups in total. The zero-order valence-electron chi connectivity index (χ0n) is 17.1. The summed E-state index contributed by atoms with van der Waals surface area (Å²) < 4.78 is 21.4. The van der Waals surface area contributed by atoms with Gasteiger partial charge in [0.2, 0.25) is 17.5 Å². The second kappa shape index (κ2) is 10.0. The molecular weight excluding hydrogens is 382 g/mol. The normalized spacial score (nSPS) is 10.6. The average molecular weight is 405 g/mol. The Kier molecular flexibility index (Phi) is 6.95. The van der Waals surface area contributed by atoms with Gasteiger partial charge in [0, 0.05) is 12.6 Å². The summed E-state index contributed by atoms with van der Waals surface area (Å²) in [6, 6.07) is 15.5. The number of anilines is 1. The van der Waals surface area contributed by atoms with Gasteiger partial charge in [-0.15, -0.1) is 0 Å². The van der Waals surface area contributed by atoms with Crippen molar-refractivity contribution in [2.45, 2.75) is 6.42 Å². The van der Waals surface area contributed by atoms with Crippen LogP contribution >= 0.6 is 0 Å². The van der Waals surface area contributed by atoms with Crippen molar-refractivity contribution < 1.29 is 18.6 Å². The molecule has 3 aromatic rings. The van der Waals surface area contributed by atoms with Gasteiger partial charge in [0.1, 0.15) is 11.8 Å². The Hall–Kier alpha value is -3.92. The Bertz CT molecular complexity index is 1050. The molecule has 0 aliphatic rings. The molecule has 154 valence electrons. The maximum Gasteiger partial charge on any atom is 0.232 e. The summed E-state index contributed by atoms with van der Waals surface area (Å²) in [5.74, 6) is 2.80. The van der Waals surface area contributed by atoms with Crippen LogP contribution in [0.2, 0.25) is 0 Å². The van der Waals surface area contributed by atoms with E-state index in [1.807, 2.05) is 48.5 Å². The van der Waals surface area contributed by atoms with E-state index in [1.54, 1.807) is 27.4 Å². The lowest BCUT2D eigenvalue weighted by molar-refractivity contribution is 0.355. The molecule has 0 saturated heterocycles. The fourth-order valence-electron chi connectivity index (χ4n) is 2.84. The SMILES string of the molecule is COc1ccc(CCNc2oc(/C=C/c3ccc(OC)c(OC)c3)nc2C#N)cc1. The molecule has 7 nitrogen and oxygen atoms in total. The number of ether oxygens (including phenoxy) is 3. The van der Waals surface area contributed by atoms with Crippen molar-refractivity contribution in [2.24, 2.45) is 0 Å². The van der Waals surface area contributed by atoms with Crippen molar-refractivity contribution in [3.8, 4) is 23.3 Å². The number of rotatable bonds is 9. The standard InChI is InChI=1S/C23H23N3O4/c1-27-18-8-4-16(5-9-18)12-13-25-23-19(15-24)26-22(30-23)11-7-17-6-10-20(28-2)21(14-17)29-3/h4-11,14,25H,12-13H2,1-3H3/b11-7+. The van der Waals surface area contributed by atoms with Crippen molar-refractivity contribution >= 4 is 18.0 Å². The number of hydrogen-bond donors (Lipinski definition) is 1. The van der Waals surface area contributed by atoms with E-state index in [4.69, 9.17) is 18.6 Å². The third kappa shape index (κ3) is 5.11. The first-order valence-electron chi connectivity index (χ1n) is 9.34. The van der Waals surface area contributed by atoms with Crippen molar-refractivity contribution in [3.05, 3.63) is 65.2 Å². The highest BCUT2D eigenvalue weighted by molar-refractivity contribution is 5.68. The van der Waals surface area contributed by atoms with E-state index in [2.05, 4.69) is 16.4 Å². The van der Waals surface area contributed by atoms with Gasteiger partial charge in [0.25, 0.3) is 0 Å². The van der Waals surface area contributed by atoms with Gasteiger partial charge in [-0.05, 0) is 47.9 Å². The minimum absolute atomic E-state index is 0.219. The first kappa shape index (κ1) is 20.8. The van der Waals surface area contributed by atoms with Gasteiger partial charge < -0.3 is 23.9 Å². The number of oxazole rings is 1. The monoisotopic (exact) mass is 405 g/mol. The van der Waals surface area contributed by atoms with Gasteiger partial charge in [-0.25, -0.2) is 0 Å². The summed E-state index contributed by atoms with van der Waals surface area (Å²) >= 11 is 0. The molecule has 0 unspecified atom stereocenters. The predicted molar refractivity (Wildman–Crippen MR) is 115 cm³/mol. The first-order chi connectivity index (χ1) is 14.7. The van der Waals surface area contributed by atoms with Crippen LogP contribution in [0.4, 0.5) is 5.88 Å². The van der Waals surface area contributed by atoms with Gasteiger partial charge >= 0.3 is 0 Å². The average Bonchev–Trinajstić information content (AvgIpc) is 3.20. The van der Waals surface area contributed by atoms with Crippen LogP contribution < -0.4 is 19.5 Å². The minimum Gasteiger partial charge on any atom is -0.497 e. The Morgan fingerprint density at radius 2 is 1.77 bits per heavy atom. The number of benzene rings is 2. The number of nitrogens with one attached hydrogen (secondary N) is 1.